The van der Waals surface area contributed by atoms with Gasteiger partial charge >= 0.3 is 0 Å². The smallest absolute Gasteiger partial charge is 0.169 e. The van der Waals surface area contributed by atoms with E-state index in [1.807, 2.05) is 26.1 Å². The molecule has 0 aliphatic carbocycles. The second kappa shape index (κ2) is 5.44. The monoisotopic (exact) mass is 332 g/mol. The number of nitrogens with zero attached hydrogens (tertiary/aromatic N) is 2. The van der Waals surface area contributed by atoms with E-state index in [4.69, 9.17) is 21.9 Å². The van der Waals surface area contributed by atoms with Gasteiger partial charge in [-0.05, 0) is 35.0 Å². The first kappa shape index (κ1) is 13.6. The fourth-order valence-corrected chi connectivity index (χ4v) is 2.44. The number of hydrazine groups is 1. The van der Waals surface area contributed by atoms with Crippen LogP contribution in [0.15, 0.2) is 21.2 Å². The minimum Gasteiger partial charge on any atom is -0.453 e. The minimum atomic E-state index is -0.142. The van der Waals surface area contributed by atoms with Crippen LogP contribution in [0.1, 0.15) is 23.1 Å². The normalized spacial score (nSPS) is 12.9. The summed E-state index contributed by atoms with van der Waals surface area (Å²) in [4.78, 5) is 0. The maximum Gasteiger partial charge on any atom is 0.169 e. The molecule has 0 aromatic carbocycles. The minimum absolute atomic E-state index is 0.142. The molecule has 0 amide bonds. The molecule has 0 bridgehead atoms. The highest BCUT2D eigenvalue weighted by atomic mass is 79.9. The van der Waals surface area contributed by atoms with Crippen molar-refractivity contribution in [1.29, 1.82) is 0 Å². The van der Waals surface area contributed by atoms with E-state index in [0.717, 1.165) is 17.0 Å². The molecule has 0 aliphatic rings. The number of halogens is 2. The van der Waals surface area contributed by atoms with Gasteiger partial charge in [-0.2, -0.15) is 5.10 Å². The van der Waals surface area contributed by atoms with Crippen LogP contribution in [-0.2, 0) is 13.5 Å². The van der Waals surface area contributed by atoms with Gasteiger partial charge in [-0.1, -0.05) is 11.6 Å². The van der Waals surface area contributed by atoms with Crippen molar-refractivity contribution in [2.24, 2.45) is 12.9 Å². The molecule has 0 saturated carbocycles. The molecule has 1 unspecified atom stereocenters. The summed E-state index contributed by atoms with van der Waals surface area (Å²) in [7, 11) is 1.81. The average molecular weight is 334 g/mol. The number of nitrogens with one attached hydrogen (secondary N) is 1. The van der Waals surface area contributed by atoms with Crippen LogP contribution in [0.5, 0.6) is 0 Å². The van der Waals surface area contributed by atoms with E-state index in [1.165, 1.54) is 0 Å². The van der Waals surface area contributed by atoms with E-state index in [-0.39, 0.29) is 6.04 Å². The highest BCUT2D eigenvalue weighted by Crippen LogP contribution is 2.27. The molecule has 3 N–H and O–H groups in total. The molecular formula is C11H14BrClN4O. The van der Waals surface area contributed by atoms with Crippen molar-refractivity contribution in [2.45, 2.75) is 19.4 Å². The molecule has 98 valence electrons. The summed E-state index contributed by atoms with van der Waals surface area (Å²) in [6.07, 6.45) is 0.620. The second-order valence-corrected chi connectivity index (χ2v) is 5.18. The van der Waals surface area contributed by atoms with Crippen molar-refractivity contribution in [3.63, 3.8) is 0 Å². The molecule has 0 aliphatic heterocycles. The summed E-state index contributed by atoms with van der Waals surface area (Å²) in [5.74, 6) is 6.33. The highest BCUT2D eigenvalue weighted by Gasteiger charge is 2.20. The van der Waals surface area contributed by atoms with Crippen LogP contribution in [0, 0.1) is 6.92 Å². The Labute approximate surface area is 118 Å². The zero-order valence-corrected chi connectivity index (χ0v) is 12.4. The number of furan rings is 1. The molecule has 5 nitrogen and oxygen atoms in total. The predicted molar refractivity (Wildman–Crippen MR) is 73.1 cm³/mol. The van der Waals surface area contributed by atoms with Gasteiger partial charge in [-0.25, -0.2) is 5.43 Å². The summed E-state index contributed by atoms with van der Waals surface area (Å²) in [6.45, 7) is 1.92. The fourth-order valence-electron chi connectivity index (χ4n) is 1.87. The molecule has 2 aromatic rings. The number of nitrogens with two attached hydrogens (primary N) is 1. The molecule has 2 aromatic heterocycles. The highest BCUT2D eigenvalue weighted by molar-refractivity contribution is 9.10. The third-order valence-electron chi connectivity index (χ3n) is 2.82. The lowest BCUT2D eigenvalue weighted by molar-refractivity contribution is 0.404. The Morgan fingerprint density at radius 3 is 2.78 bits per heavy atom. The van der Waals surface area contributed by atoms with Crippen LogP contribution in [0.25, 0.3) is 0 Å². The van der Waals surface area contributed by atoms with Gasteiger partial charge in [0.05, 0.1) is 11.7 Å². The lowest BCUT2D eigenvalue weighted by atomic mass is 10.1. The van der Waals surface area contributed by atoms with Gasteiger partial charge < -0.3 is 4.42 Å². The number of aromatic nitrogens is 2. The zero-order chi connectivity index (χ0) is 13.3. The van der Waals surface area contributed by atoms with Gasteiger partial charge in [0.2, 0.25) is 0 Å². The summed E-state index contributed by atoms with van der Waals surface area (Å²) < 4.78 is 7.82. The third kappa shape index (κ3) is 2.61. The number of aryl methyl sites for hydroxylation is 2. The molecule has 2 rings (SSSR count). The molecule has 0 saturated heterocycles. The van der Waals surface area contributed by atoms with Crippen LogP contribution in [-0.4, -0.2) is 9.78 Å². The summed E-state index contributed by atoms with van der Waals surface area (Å²) in [6, 6.07) is 3.56. The van der Waals surface area contributed by atoms with E-state index in [2.05, 4.69) is 26.5 Å². The number of hydrogen-bond acceptors (Lipinski definition) is 4. The van der Waals surface area contributed by atoms with Gasteiger partial charge in [-0.3, -0.25) is 10.5 Å². The number of rotatable bonds is 4. The Morgan fingerprint density at radius 2 is 2.33 bits per heavy atom. The van der Waals surface area contributed by atoms with Crippen molar-refractivity contribution in [2.75, 3.05) is 0 Å². The second-order valence-electron chi connectivity index (χ2n) is 4.04. The number of hydrogen-bond donors (Lipinski definition) is 2. The molecule has 2 heterocycles. The van der Waals surface area contributed by atoms with Gasteiger partial charge in [0.25, 0.3) is 0 Å². The van der Waals surface area contributed by atoms with Crippen molar-refractivity contribution >= 4 is 27.5 Å². The van der Waals surface area contributed by atoms with E-state index in [0.29, 0.717) is 16.2 Å². The first-order valence-electron chi connectivity index (χ1n) is 5.42. The van der Waals surface area contributed by atoms with Crippen molar-refractivity contribution in [1.82, 2.24) is 15.2 Å². The third-order valence-corrected chi connectivity index (χ3v) is 3.72. The molecule has 1 atom stereocenters. The molecule has 0 radical (unpaired) electrons. The van der Waals surface area contributed by atoms with Crippen LogP contribution in [0.3, 0.4) is 0 Å². The van der Waals surface area contributed by atoms with Gasteiger partial charge in [0, 0.05) is 19.0 Å². The maximum atomic E-state index is 6.20. The van der Waals surface area contributed by atoms with E-state index < -0.39 is 0 Å². The first-order valence-corrected chi connectivity index (χ1v) is 6.59. The molecular weight excluding hydrogens is 320 g/mol. The Hall–Kier alpha value is -0.820. The van der Waals surface area contributed by atoms with E-state index >= 15 is 0 Å². The Morgan fingerprint density at radius 1 is 1.61 bits per heavy atom. The molecule has 7 heteroatoms. The quantitative estimate of drug-likeness (QED) is 0.666. The lowest BCUT2D eigenvalue weighted by Crippen LogP contribution is -2.29. The van der Waals surface area contributed by atoms with Gasteiger partial charge in [0.1, 0.15) is 10.9 Å². The van der Waals surface area contributed by atoms with Crippen molar-refractivity contribution < 1.29 is 4.42 Å². The molecule has 0 fully saturated rings. The summed E-state index contributed by atoms with van der Waals surface area (Å²) >= 11 is 9.47. The van der Waals surface area contributed by atoms with E-state index in [9.17, 15) is 0 Å². The van der Waals surface area contributed by atoms with Crippen LogP contribution in [0.4, 0.5) is 0 Å². The largest absolute Gasteiger partial charge is 0.453 e. The lowest BCUT2D eigenvalue weighted by Gasteiger charge is -2.13. The molecule has 0 spiro atoms. The topological polar surface area (TPSA) is 69.0 Å². The maximum absolute atomic E-state index is 6.20. The van der Waals surface area contributed by atoms with Crippen molar-refractivity contribution in [3.8, 4) is 0 Å². The van der Waals surface area contributed by atoms with Crippen molar-refractivity contribution in [3.05, 3.63) is 39.0 Å². The Bertz CT molecular complexity index is 551. The Kier molecular flexibility index (Phi) is 4.11. The molecule has 18 heavy (non-hydrogen) atoms. The summed E-state index contributed by atoms with van der Waals surface area (Å²) in [5.41, 5.74) is 4.60. The average Bonchev–Trinajstić information content (AvgIpc) is 2.84. The zero-order valence-electron chi connectivity index (χ0n) is 10.1. The standard InChI is InChI=1S/C11H14BrClN4O/c1-6-7(11(13)17(2)16-6)5-8(15-14)9-3-4-10(12)18-9/h3-4,8,15H,5,14H2,1-2H3. The van der Waals surface area contributed by atoms with Crippen LogP contribution < -0.4 is 11.3 Å². The first-order chi connectivity index (χ1) is 8.52. The van der Waals surface area contributed by atoms with Gasteiger partial charge in [0.15, 0.2) is 4.67 Å². The SMILES string of the molecule is Cc1nn(C)c(Cl)c1CC(NN)c1ccc(Br)o1. The van der Waals surface area contributed by atoms with Crippen LogP contribution >= 0.6 is 27.5 Å². The fraction of sp³-hybridized carbons (Fsp3) is 0.364. The van der Waals surface area contributed by atoms with Crippen LogP contribution in [0.2, 0.25) is 5.15 Å². The van der Waals surface area contributed by atoms with Gasteiger partial charge in [-0.15, -0.1) is 0 Å². The summed E-state index contributed by atoms with van der Waals surface area (Å²) in [5, 5.41) is 4.90. The van der Waals surface area contributed by atoms with E-state index in [1.54, 1.807) is 4.68 Å². The predicted octanol–water partition coefficient (Wildman–Crippen LogP) is 2.48. The Balaban J connectivity index is 2.25.